The summed E-state index contributed by atoms with van der Waals surface area (Å²) in [5.41, 5.74) is 0. The first-order valence-corrected chi connectivity index (χ1v) is 7.09. The first-order chi connectivity index (χ1) is 9.76. The number of aromatic nitrogens is 2. The Hall–Kier alpha value is -1.85. The SMILES string of the molecule is COc1nccc(OC2CCCN(C(=O)C3CC3)C2)n1. The smallest absolute Gasteiger partial charge is 0.319 e. The van der Waals surface area contributed by atoms with Gasteiger partial charge in [0.05, 0.1) is 13.7 Å². The minimum absolute atomic E-state index is 0.00561. The van der Waals surface area contributed by atoms with Gasteiger partial charge < -0.3 is 14.4 Å². The molecule has 1 aliphatic carbocycles. The Balaban J connectivity index is 1.60. The summed E-state index contributed by atoms with van der Waals surface area (Å²) in [5, 5.41) is 0. The number of piperidine rings is 1. The van der Waals surface area contributed by atoms with Crippen molar-refractivity contribution in [3.8, 4) is 11.9 Å². The molecule has 2 aliphatic rings. The zero-order valence-electron chi connectivity index (χ0n) is 11.6. The van der Waals surface area contributed by atoms with E-state index < -0.39 is 0 Å². The molecule has 0 N–H and O–H groups in total. The summed E-state index contributed by atoms with van der Waals surface area (Å²) in [5.74, 6) is 1.06. The van der Waals surface area contributed by atoms with Gasteiger partial charge in [0.25, 0.3) is 0 Å². The number of hydrogen-bond acceptors (Lipinski definition) is 5. The van der Waals surface area contributed by atoms with Crippen LogP contribution in [-0.4, -0.2) is 47.1 Å². The Kier molecular flexibility index (Phi) is 3.71. The van der Waals surface area contributed by atoms with E-state index in [0.717, 1.165) is 32.2 Å². The Morgan fingerprint density at radius 2 is 2.25 bits per heavy atom. The second-order valence-corrected chi connectivity index (χ2v) is 5.32. The molecular formula is C14H19N3O3. The molecule has 1 saturated heterocycles. The van der Waals surface area contributed by atoms with Crippen LogP contribution in [0.25, 0.3) is 0 Å². The zero-order valence-corrected chi connectivity index (χ0v) is 11.6. The quantitative estimate of drug-likeness (QED) is 0.829. The number of nitrogens with zero attached hydrogens (tertiary/aromatic N) is 3. The molecule has 1 aromatic rings. The standard InChI is InChI=1S/C14H19N3O3/c1-19-14-15-7-6-12(16-14)20-11-3-2-8-17(9-11)13(18)10-4-5-10/h6-7,10-11H,2-5,8-9H2,1H3. The highest BCUT2D eigenvalue weighted by Gasteiger charge is 2.35. The third-order valence-electron chi connectivity index (χ3n) is 3.69. The van der Waals surface area contributed by atoms with Gasteiger partial charge in [-0.05, 0) is 25.7 Å². The fraction of sp³-hybridized carbons (Fsp3) is 0.643. The molecule has 108 valence electrons. The normalized spacial score (nSPS) is 22.4. The van der Waals surface area contributed by atoms with Crippen molar-refractivity contribution in [3.05, 3.63) is 12.3 Å². The van der Waals surface area contributed by atoms with Crippen molar-refractivity contribution in [3.63, 3.8) is 0 Å². The molecule has 1 amide bonds. The van der Waals surface area contributed by atoms with E-state index in [4.69, 9.17) is 9.47 Å². The number of ether oxygens (including phenoxy) is 2. The van der Waals surface area contributed by atoms with E-state index in [9.17, 15) is 4.79 Å². The fourth-order valence-electron chi connectivity index (χ4n) is 2.48. The lowest BCUT2D eigenvalue weighted by Crippen LogP contribution is -2.45. The first-order valence-electron chi connectivity index (χ1n) is 7.09. The van der Waals surface area contributed by atoms with E-state index in [1.165, 1.54) is 7.11 Å². The van der Waals surface area contributed by atoms with Gasteiger partial charge >= 0.3 is 6.01 Å². The number of carbonyl (C=O) groups excluding carboxylic acids is 1. The largest absolute Gasteiger partial charge is 0.472 e. The van der Waals surface area contributed by atoms with E-state index in [-0.39, 0.29) is 12.0 Å². The molecule has 20 heavy (non-hydrogen) atoms. The molecule has 1 saturated carbocycles. The lowest BCUT2D eigenvalue weighted by Gasteiger charge is -2.32. The Bertz CT molecular complexity index is 490. The van der Waals surface area contributed by atoms with E-state index >= 15 is 0 Å². The molecule has 1 aromatic heterocycles. The number of amides is 1. The lowest BCUT2D eigenvalue weighted by atomic mass is 10.1. The summed E-state index contributed by atoms with van der Waals surface area (Å²) in [6.45, 7) is 1.50. The van der Waals surface area contributed by atoms with Crippen LogP contribution in [0.15, 0.2) is 12.3 Å². The number of likely N-dealkylation sites (tertiary alicyclic amines) is 1. The maximum atomic E-state index is 12.1. The molecule has 1 unspecified atom stereocenters. The number of rotatable bonds is 4. The van der Waals surface area contributed by atoms with E-state index in [1.54, 1.807) is 12.3 Å². The van der Waals surface area contributed by atoms with Crippen LogP contribution < -0.4 is 9.47 Å². The second kappa shape index (κ2) is 5.64. The van der Waals surface area contributed by atoms with Crippen molar-refractivity contribution >= 4 is 5.91 Å². The van der Waals surface area contributed by atoms with Crippen LogP contribution in [0.5, 0.6) is 11.9 Å². The maximum absolute atomic E-state index is 12.1. The molecule has 1 aliphatic heterocycles. The predicted octanol–water partition coefficient (Wildman–Crippen LogP) is 1.26. The summed E-state index contributed by atoms with van der Waals surface area (Å²) in [6.07, 6.45) is 5.63. The molecule has 2 fully saturated rings. The van der Waals surface area contributed by atoms with Gasteiger partial charge in [0.15, 0.2) is 0 Å². The fourth-order valence-corrected chi connectivity index (χ4v) is 2.48. The van der Waals surface area contributed by atoms with Gasteiger partial charge in [0.2, 0.25) is 11.8 Å². The van der Waals surface area contributed by atoms with Gasteiger partial charge in [-0.15, -0.1) is 0 Å². The maximum Gasteiger partial charge on any atom is 0.319 e. The summed E-state index contributed by atoms with van der Waals surface area (Å²) < 4.78 is 10.8. The third kappa shape index (κ3) is 3.00. The molecular weight excluding hydrogens is 258 g/mol. The molecule has 2 heterocycles. The summed E-state index contributed by atoms with van der Waals surface area (Å²) in [4.78, 5) is 22.1. The topological polar surface area (TPSA) is 64.6 Å². The summed E-state index contributed by atoms with van der Waals surface area (Å²) >= 11 is 0. The van der Waals surface area contributed by atoms with Gasteiger partial charge in [-0.1, -0.05) is 0 Å². The zero-order chi connectivity index (χ0) is 13.9. The lowest BCUT2D eigenvalue weighted by molar-refractivity contribution is -0.135. The van der Waals surface area contributed by atoms with E-state index in [1.807, 2.05) is 4.90 Å². The number of hydrogen-bond donors (Lipinski definition) is 0. The third-order valence-corrected chi connectivity index (χ3v) is 3.69. The molecule has 6 nitrogen and oxygen atoms in total. The van der Waals surface area contributed by atoms with Gasteiger partial charge in [-0.25, -0.2) is 4.98 Å². The number of carbonyl (C=O) groups is 1. The van der Waals surface area contributed by atoms with Crippen molar-refractivity contribution in [1.29, 1.82) is 0 Å². The van der Waals surface area contributed by atoms with Crippen molar-refractivity contribution < 1.29 is 14.3 Å². The van der Waals surface area contributed by atoms with Crippen LogP contribution in [0, 0.1) is 5.92 Å². The Morgan fingerprint density at radius 1 is 1.40 bits per heavy atom. The van der Waals surface area contributed by atoms with Gasteiger partial charge in [0.1, 0.15) is 6.10 Å². The summed E-state index contributed by atoms with van der Waals surface area (Å²) in [6, 6.07) is 2.01. The van der Waals surface area contributed by atoms with Crippen LogP contribution in [0.4, 0.5) is 0 Å². The van der Waals surface area contributed by atoms with Crippen LogP contribution in [0.3, 0.4) is 0 Å². The van der Waals surface area contributed by atoms with Gasteiger partial charge in [0, 0.05) is 24.7 Å². The highest BCUT2D eigenvalue weighted by atomic mass is 16.5. The van der Waals surface area contributed by atoms with E-state index in [2.05, 4.69) is 9.97 Å². The van der Waals surface area contributed by atoms with Crippen molar-refractivity contribution in [1.82, 2.24) is 14.9 Å². The van der Waals surface area contributed by atoms with Gasteiger partial charge in [-0.3, -0.25) is 4.79 Å². The average molecular weight is 277 g/mol. The van der Waals surface area contributed by atoms with Crippen LogP contribution in [-0.2, 0) is 4.79 Å². The van der Waals surface area contributed by atoms with Crippen LogP contribution in [0.2, 0.25) is 0 Å². The van der Waals surface area contributed by atoms with Crippen molar-refractivity contribution in [2.75, 3.05) is 20.2 Å². The highest BCUT2D eigenvalue weighted by Crippen LogP contribution is 2.32. The highest BCUT2D eigenvalue weighted by molar-refractivity contribution is 5.81. The van der Waals surface area contributed by atoms with Crippen LogP contribution in [0.1, 0.15) is 25.7 Å². The Labute approximate surface area is 118 Å². The minimum Gasteiger partial charge on any atom is -0.472 e. The minimum atomic E-state index is 0.00561. The molecule has 1 atom stereocenters. The van der Waals surface area contributed by atoms with Gasteiger partial charge in [-0.2, -0.15) is 4.98 Å². The summed E-state index contributed by atoms with van der Waals surface area (Å²) in [7, 11) is 1.52. The van der Waals surface area contributed by atoms with Crippen molar-refractivity contribution in [2.24, 2.45) is 5.92 Å². The monoisotopic (exact) mass is 277 g/mol. The molecule has 0 bridgehead atoms. The molecule has 6 heteroatoms. The average Bonchev–Trinajstić information content (AvgIpc) is 3.32. The van der Waals surface area contributed by atoms with E-state index in [0.29, 0.717) is 24.3 Å². The molecule has 3 rings (SSSR count). The number of methoxy groups -OCH3 is 1. The second-order valence-electron chi connectivity index (χ2n) is 5.32. The first kappa shape index (κ1) is 13.1. The molecule has 0 spiro atoms. The van der Waals surface area contributed by atoms with Crippen LogP contribution >= 0.6 is 0 Å². The van der Waals surface area contributed by atoms with Crippen molar-refractivity contribution in [2.45, 2.75) is 31.8 Å². The molecule has 0 radical (unpaired) electrons. The molecule has 0 aromatic carbocycles. The predicted molar refractivity (Wildman–Crippen MR) is 71.5 cm³/mol. The Morgan fingerprint density at radius 3 is 3.00 bits per heavy atom.